The van der Waals surface area contributed by atoms with Crippen LogP contribution in [0.5, 0.6) is 11.5 Å². The zero-order valence-electron chi connectivity index (χ0n) is 12.1. The van der Waals surface area contributed by atoms with Crippen molar-refractivity contribution >= 4 is 46.3 Å². The van der Waals surface area contributed by atoms with Crippen LogP contribution in [0.3, 0.4) is 0 Å². The molecule has 1 amide bonds. The van der Waals surface area contributed by atoms with E-state index >= 15 is 0 Å². The highest BCUT2D eigenvalue weighted by Crippen LogP contribution is 2.33. The fourth-order valence-corrected chi connectivity index (χ4v) is 2.96. The highest BCUT2D eigenvalue weighted by atomic mass is 32.2. The number of hydrogen-bond donors (Lipinski definition) is 3. The monoisotopic (exact) mass is 354 g/mol. The van der Waals surface area contributed by atoms with Crippen LogP contribution in [0.2, 0.25) is 0 Å². The fraction of sp³-hybridized carbons (Fsp3) is 0.214. The third-order valence-electron chi connectivity index (χ3n) is 2.78. The first-order valence-electron chi connectivity index (χ1n) is 6.61. The Hall–Kier alpha value is -2.10. The van der Waals surface area contributed by atoms with Crippen molar-refractivity contribution in [3.05, 3.63) is 28.7 Å². The summed E-state index contributed by atoms with van der Waals surface area (Å²) in [6, 6.07) is 4.04. The van der Waals surface area contributed by atoms with Gasteiger partial charge in [-0.05, 0) is 25.1 Å². The number of phenolic OH excluding ortho intramolecular Hbond substituents is 2. The molecule has 7 nitrogen and oxygen atoms in total. The number of benzene rings is 1. The van der Waals surface area contributed by atoms with E-state index in [1.165, 1.54) is 24.3 Å². The molecular formula is C14H14N2O5S2. The number of phenols is 2. The molecule has 1 heterocycles. The number of rotatable bonds is 5. The number of hydrogen-bond acceptors (Lipinski definition) is 8. The second-order valence-electron chi connectivity index (χ2n) is 4.40. The number of carbonyl (C=O) groups is 2. The Kier molecular flexibility index (Phi) is 5.59. The van der Waals surface area contributed by atoms with Crippen molar-refractivity contribution in [1.29, 1.82) is 0 Å². The Morgan fingerprint density at radius 2 is 2.22 bits per heavy atom. The molecule has 122 valence electrons. The minimum absolute atomic E-state index is 0.0803. The summed E-state index contributed by atoms with van der Waals surface area (Å²) >= 11 is 6.13. The molecule has 0 unspecified atom stereocenters. The van der Waals surface area contributed by atoms with E-state index in [0.29, 0.717) is 5.56 Å². The van der Waals surface area contributed by atoms with Crippen molar-refractivity contribution in [1.82, 2.24) is 10.4 Å². The van der Waals surface area contributed by atoms with E-state index < -0.39 is 11.9 Å². The predicted molar refractivity (Wildman–Crippen MR) is 89.4 cm³/mol. The van der Waals surface area contributed by atoms with Crippen molar-refractivity contribution in [3.63, 3.8) is 0 Å². The van der Waals surface area contributed by atoms with Crippen LogP contribution < -0.4 is 5.43 Å². The van der Waals surface area contributed by atoms with Crippen LogP contribution in [0.4, 0.5) is 0 Å². The summed E-state index contributed by atoms with van der Waals surface area (Å²) in [6.45, 7) is 1.75. The van der Waals surface area contributed by atoms with Gasteiger partial charge in [0.1, 0.15) is 18.0 Å². The first kappa shape index (κ1) is 17.3. The van der Waals surface area contributed by atoms with Gasteiger partial charge in [0.15, 0.2) is 4.32 Å². The molecule has 0 spiro atoms. The number of thioether (sulfide) groups is 1. The van der Waals surface area contributed by atoms with Gasteiger partial charge in [-0.15, -0.1) is 0 Å². The van der Waals surface area contributed by atoms with Gasteiger partial charge in [-0.25, -0.2) is 10.4 Å². The highest BCUT2D eigenvalue weighted by molar-refractivity contribution is 8.26. The smallest absolute Gasteiger partial charge is 0.321 e. The van der Waals surface area contributed by atoms with Gasteiger partial charge in [-0.2, -0.15) is 0 Å². The van der Waals surface area contributed by atoms with Gasteiger partial charge in [-0.1, -0.05) is 24.0 Å². The summed E-state index contributed by atoms with van der Waals surface area (Å²) < 4.78 is 5.00. The second-order valence-corrected chi connectivity index (χ2v) is 6.08. The van der Waals surface area contributed by atoms with Gasteiger partial charge in [-0.3, -0.25) is 9.59 Å². The average Bonchev–Trinajstić information content (AvgIpc) is 2.75. The van der Waals surface area contributed by atoms with E-state index in [2.05, 4.69) is 5.43 Å². The Labute approximate surface area is 141 Å². The number of esters is 1. The average molecular weight is 354 g/mol. The second kappa shape index (κ2) is 7.44. The van der Waals surface area contributed by atoms with E-state index in [-0.39, 0.29) is 33.9 Å². The SMILES string of the molecule is CCOC(=O)CNN1C(=O)/C(=C\c2ccc(O)cc2O)SC1=S. The Balaban J connectivity index is 2.11. The topological polar surface area (TPSA) is 99.1 Å². The highest BCUT2D eigenvalue weighted by Gasteiger charge is 2.32. The van der Waals surface area contributed by atoms with Crippen LogP contribution in [-0.2, 0) is 14.3 Å². The lowest BCUT2D eigenvalue weighted by atomic mass is 10.1. The summed E-state index contributed by atoms with van der Waals surface area (Å²) in [5.74, 6) is -1.17. The summed E-state index contributed by atoms with van der Waals surface area (Å²) in [7, 11) is 0. The Bertz CT molecular complexity index is 690. The number of ether oxygens (including phenoxy) is 1. The van der Waals surface area contributed by atoms with Crippen molar-refractivity contribution in [2.24, 2.45) is 0 Å². The molecule has 1 aliphatic rings. The van der Waals surface area contributed by atoms with Crippen LogP contribution in [0.1, 0.15) is 12.5 Å². The fourth-order valence-electron chi connectivity index (χ4n) is 1.75. The molecule has 0 radical (unpaired) electrons. The van der Waals surface area contributed by atoms with Crippen molar-refractivity contribution in [3.8, 4) is 11.5 Å². The lowest BCUT2D eigenvalue weighted by Gasteiger charge is -2.14. The van der Waals surface area contributed by atoms with E-state index in [9.17, 15) is 19.8 Å². The summed E-state index contributed by atoms with van der Waals surface area (Å²) in [5, 5.41) is 20.1. The maximum absolute atomic E-state index is 12.3. The third kappa shape index (κ3) is 4.21. The summed E-state index contributed by atoms with van der Waals surface area (Å²) in [5.41, 5.74) is 2.98. The van der Waals surface area contributed by atoms with Gasteiger partial charge in [0.2, 0.25) is 0 Å². The standard InChI is InChI=1S/C14H14N2O5S2/c1-2-21-12(19)7-15-16-13(20)11(23-14(16)22)5-8-3-4-9(17)6-10(8)18/h3-6,15,17-18H,2,7H2,1H3/b11-5+. The molecule has 1 saturated heterocycles. The first-order valence-corrected chi connectivity index (χ1v) is 7.84. The zero-order valence-corrected chi connectivity index (χ0v) is 13.7. The van der Waals surface area contributed by atoms with Crippen molar-refractivity contribution in [2.45, 2.75) is 6.92 Å². The van der Waals surface area contributed by atoms with Crippen LogP contribution in [-0.4, -0.2) is 44.6 Å². The Morgan fingerprint density at radius 3 is 2.87 bits per heavy atom. The largest absolute Gasteiger partial charge is 0.508 e. The van der Waals surface area contributed by atoms with Crippen molar-refractivity contribution in [2.75, 3.05) is 13.2 Å². The van der Waals surface area contributed by atoms with Crippen LogP contribution in [0.15, 0.2) is 23.1 Å². The molecule has 1 fully saturated rings. The molecule has 0 aliphatic carbocycles. The first-order chi connectivity index (χ1) is 10.9. The third-order valence-corrected chi connectivity index (χ3v) is 4.08. The molecule has 0 aromatic heterocycles. The van der Waals surface area contributed by atoms with Crippen molar-refractivity contribution < 1.29 is 24.5 Å². The molecule has 1 aliphatic heterocycles. The number of aromatic hydroxyl groups is 2. The van der Waals surface area contributed by atoms with Gasteiger partial charge in [0.05, 0.1) is 11.5 Å². The molecular weight excluding hydrogens is 340 g/mol. The van der Waals surface area contributed by atoms with E-state index in [1.54, 1.807) is 6.92 Å². The number of hydrazine groups is 1. The quantitative estimate of drug-likeness (QED) is 0.414. The number of nitrogens with zero attached hydrogens (tertiary/aromatic N) is 1. The molecule has 2 rings (SSSR count). The maximum atomic E-state index is 12.3. The molecule has 1 aromatic carbocycles. The van der Waals surface area contributed by atoms with Crippen LogP contribution >= 0.6 is 24.0 Å². The molecule has 9 heteroatoms. The summed E-state index contributed by atoms with van der Waals surface area (Å²) in [4.78, 5) is 23.9. The molecule has 0 saturated carbocycles. The number of thiocarbonyl (C=S) groups is 1. The summed E-state index contributed by atoms with van der Waals surface area (Å²) in [6.07, 6.45) is 1.46. The van der Waals surface area contributed by atoms with Gasteiger partial charge >= 0.3 is 5.97 Å². The molecule has 1 aromatic rings. The van der Waals surface area contributed by atoms with Crippen LogP contribution in [0, 0.1) is 0 Å². The molecule has 23 heavy (non-hydrogen) atoms. The lowest BCUT2D eigenvalue weighted by Crippen LogP contribution is -2.44. The number of carbonyl (C=O) groups excluding carboxylic acids is 2. The van der Waals surface area contributed by atoms with E-state index in [1.807, 2.05) is 0 Å². The number of amides is 1. The van der Waals surface area contributed by atoms with Gasteiger partial charge in [0, 0.05) is 11.6 Å². The van der Waals surface area contributed by atoms with Gasteiger partial charge in [0.25, 0.3) is 5.91 Å². The number of nitrogens with one attached hydrogen (secondary N) is 1. The predicted octanol–water partition coefficient (Wildman–Crippen LogP) is 1.37. The van der Waals surface area contributed by atoms with E-state index in [4.69, 9.17) is 17.0 Å². The Morgan fingerprint density at radius 1 is 1.48 bits per heavy atom. The molecule has 3 N–H and O–H groups in total. The van der Waals surface area contributed by atoms with E-state index in [0.717, 1.165) is 16.8 Å². The molecule has 0 bridgehead atoms. The van der Waals surface area contributed by atoms with Crippen LogP contribution in [0.25, 0.3) is 6.08 Å². The minimum Gasteiger partial charge on any atom is -0.508 e. The zero-order chi connectivity index (χ0) is 17.0. The lowest BCUT2D eigenvalue weighted by molar-refractivity contribution is -0.143. The normalized spacial score (nSPS) is 16.2. The minimum atomic E-state index is -0.498. The van der Waals surface area contributed by atoms with Gasteiger partial charge < -0.3 is 14.9 Å². The molecule has 0 atom stereocenters. The maximum Gasteiger partial charge on any atom is 0.321 e.